The van der Waals surface area contributed by atoms with E-state index in [4.69, 9.17) is 26.9 Å². The third-order valence-corrected chi connectivity index (χ3v) is 3.12. The minimum Gasteiger partial charge on any atom is -0.495 e. The van der Waals surface area contributed by atoms with Gasteiger partial charge in [0.2, 0.25) is 5.95 Å². The molecule has 21 heavy (non-hydrogen) atoms. The Morgan fingerprint density at radius 2 is 1.90 bits per heavy atom. The van der Waals surface area contributed by atoms with E-state index in [0.29, 0.717) is 34.0 Å². The first kappa shape index (κ1) is 15.1. The summed E-state index contributed by atoms with van der Waals surface area (Å²) in [5.41, 5.74) is 3.91. The van der Waals surface area contributed by atoms with E-state index in [1.54, 1.807) is 32.5 Å². The van der Waals surface area contributed by atoms with Crippen molar-refractivity contribution in [3.8, 4) is 11.5 Å². The van der Waals surface area contributed by atoms with Gasteiger partial charge in [0.25, 0.3) is 0 Å². The number of halogens is 1. The molecule has 0 amide bonds. The van der Waals surface area contributed by atoms with Crippen molar-refractivity contribution in [3.05, 3.63) is 28.9 Å². The van der Waals surface area contributed by atoms with Crippen molar-refractivity contribution < 1.29 is 9.47 Å². The fourth-order valence-electron chi connectivity index (χ4n) is 1.72. The normalized spacial score (nSPS) is 10.1. The number of ether oxygens (including phenoxy) is 2. The van der Waals surface area contributed by atoms with Gasteiger partial charge in [-0.2, -0.15) is 4.98 Å². The van der Waals surface area contributed by atoms with Crippen LogP contribution in [0, 0.1) is 6.92 Å². The van der Waals surface area contributed by atoms with Crippen LogP contribution in [-0.2, 0) is 0 Å². The highest BCUT2D eigenvalue weighted by molar-refractivity contribution is 6.32. The molecule has 4 N–H and O–H groups in total. The number of methoxy groups -OCH3 is 2. The first-order valence-corrected chi connectivity index (χ1v) is 6.45. The molecular formula is C13H16ClN5O2. The van der Waals surface area contributed by atoms with Crippen LogP contribution in [-0.4, -0.2) is 24.2 Å². The number of benzene rings is 1. The summed E-state index contributed by atoms with van der Waals surface area (Å²) in [6.45, 7) is 1.88. The molecule has 0 bridgehead atoms. The molecule has 0 saturated carbocycles. The molecule has 2 aromatic rings. The Balaban J connectivity index is 2.41. The van der Waals surface area contributed by atoms with Crippen LogP contribution in [0.2, 0.25) is 5.02 Å². The molecule has 1 aromatic heterocycles. The van der Waals surface area contributed by atoms with Gasteiger partial charge in [0, 0.05) is 17.8 Å². The number of rotatable bonds is 5. The number of aromatic nitrogens is 2. The Hall–Kier alpha value is -2.25. The van der Waals surface area contributed by atoms with Gasteiger partial charge in [-0.15, -0.1) is 0 Å². The summed E-state index contributed by atoms with van der Waals surface area (Å²) in [5.74, 6) is 7.33. The summed E-state index contributed by atoms with van der Waals surface area (Å²) >= 11 is 6.14. The molecule has 0 aliphatic rings. The summed E-state index contributed by atoms with van der Waals surface area (Å²) in [7, 11) is 3.11. The number of nitrogens with one attached hydrogen (secondary N) is 2. The van der Waals surface area contributed by atoms with E-state index < -0.39 is 0 Å². The zero-order valence-corrected chi connectivity index (χ0v) is 12.7. The van der Waals surface area contributed by atoms with Crippen LogP contribution >= 0.6 is 11.6 Å². The number of nitrogen functional groups attached to an aromatic ring is 1. The molecular weight excluding hydrogens is 294 g/mol. The Bertz CT molecular complexity index is 651. The molecule has 2 rings (SSSR count). The molecule has 0 unspecified atom stereocenters. The summed E-state index contributed by atoms with van der Waals surface area (Å²) in [6, 6.07) is 3.40. The number of nitrogens with two attached hydrogens (primary N) is 1. The zero-order chi connectivity index (χ0) is 15.4. The third-order valence-electron chi connectivity index (χ3n) is 2.83. The molecule has 8 heteroatoms. The number of hydrazine groups is 1. The van der Waals surface area contributed by atoms with Gasteiger partial charge in [0.05, 0.1) is 24.9 Å². The van der Waals surface area contributed by atoms with Gasteiger partial charge in [0.1, 0.15) is 17.3 Å². The molecule has 112 valence electrons. The number of hydrogen-bond donors (Lipinski definition) is 3. The third kappa shape index (κ3) is 3.26. The van der Waals surface area contributed by atoms with Gasteiger partial charge in [-0.05, 0) is 13.0 Å². The van der Waals surface area contributed by atoms with Crippen molar-refractivity contribution in [2.75, 3.05) is 25.0 Å². The fourth-order valence-corrected chi connectivity index (χ4v) is 1.96. The SMILES string of the molecule is COc1cc(OC)c(Nc2nc(NN)ncc2C)cc1Cl. The van der Waals surface area contributed by atoms with Crippen LogP contribution in [0.1, 0.15) is 5.56 Å². The smallest absolute Gasteiger partial charge is 0.239 e. The highest BCUT2D eigenvalue weighted by Crippen LogP contribution is 2.37. The number of hydrogen-bond acceptors (Lipinski definition) is 7. The Labute approximate surface area is 127 Å². The first-order valence-electron chi connectivity index (χ1n) is 6.07. The topological polar surface area (TPSA) is 94.3 Å². The maximum absolute atomic E-state index is 6.14. The van der Waals surface area contributed by atoms with Crippen LogP contribution in [0.4, 0.5) is 17.5 Å². The van der Waals surface area contributed by atoms with Crippen molar-refractivity contribution in [1.29, 1.82) is 0 Å². The fraction of sp³-hybridized carbons (Fsp3) is 0.231. The quantitative estimate of drug-likeness (QED) is 0.577. The summed E-state index contributed by atoms with van der Waals surface area (Å²) < 4.78 is 10.5. The van der Waals surface area contributed by atoms with Crippen LogP contribution in [0.25, 0.3) is 0 Å². The largest absolute Gasteiger partial charge is 0.495 e. The number of nitrogens with zero attached hydrogens (tertiary/aromatic N) is 2. The van der Waals surface area contributed by atoms with E-state index in [0.717, 1.165) is 5.56 Å². The molecule has 1 heterocycles. The first-order chi connectivity index (χ1) is 10.1. The van der Waals surface area contributed by atoms with Gasteiger partial charge in [-0.25, -0.2) is 10.8 Å². The predicted octanol–water partition coefficient (Wildman–Crippen LogP) is 2.48. The van der Waals surface area contributed by atoms with Crippen molar-refractivity contribution in [1.82, 2.24) is 9.97 Å². The predicted molar refractivity (Wildman–Crippen MR) is 82.4 cm³/mol. The second-order valence-electron chi connectivity index (χ2n) is 4.18. The van der Waals surface area contributed by atoms with Gasteiger partial charge < -0.3 is 14.8 Å². The number of aryl methyl sites for hydroxylation is 1. The molecule has 7 nitrogen and oxygen atoms in total. The maximum atomic E-state index is 6.14. The Morgan fingerprint density at radius 1 is 1.19 bits per heavy atom. The molecule has 0 fully saturated rings. The van der Waals surface area contributed by atoms with Crippen LogP contribution in [0.3, 0.4) is 0 Å². The molecule has 0 aliphatic heterocycles. The number of anilines is 3. The van der Waals surface area contributed by atoms with Crippen LogP contribution in [0.5, 0.6) is 11.5 Å². The molecule has 0 saturated heterocycles. The molecule has 0 aliphatic carbocycles. The monoisotopic (exact) mass is 309 g/mol. The van der Waals surface area contributed by atoms with E-state index in [2.05, 4.69) is 20.7 Å². The zero-order valence-electron chi connectivity index (χ0n) is 11.9. The van der Waals surface area contributed by atoms with Gasteiger partial charge >= 0.3 is 0 Å². The van der Waals surface area contributed by atoms with Gasteiger partial charge in [0.15, 0.2) is 0 Å². The molecule has 1 aromatic carbocycles. The van der Waals surface area contributed by atoms with Crippen LogP contribution in [0.15, 0.2) is 18.3 Å². The Morgan fingerprint density at radius 3 is 2.52 bits per heavy atom. The van der Waals surface area contributed by atoms with Crippen molar-refractivity contribution in [3.63, 3.8) is 0 Å². The van der Waals surface area contributed by atoms with E-state index in [-0.39, 0.29) is 0 Å². The Kier molecular flexibility index (Phi) is 4.66. The van der Waals surface area contributed by atoms with Crippen LogP contribution < -0.4 is 26.1 Å². The van der Waals surface area contributed by atoms with Crippen molar-refractivity contribution in [2.24, 2.45) is 5.84 Å². The second-order valence-corrected chi connectivity index (χ2v) is 4.59. The lowest BCUT2D eigenvalue weighted by Crippen LogP contribution is -2.11. The van der Waals surface area contributed by atoms with Crippen molar-refractivity contribution >= 4 is 29.1 Å². The minimum atomic E-state index is 0.307. The second kappa shape index (κ2) is 6.47. The molecule has 0 radical (unpaired) electrons. The van der Waals surface area contributed by atoms with Crippen molar-refractivity contribution in [2.45, 2.75) is 6.92 Å². The summed E-state index contributed by atoms with van der Waals surface area (Å²) in [5, 5.41) is 3.61. The lowest BCUT2D eigenvalue weighted by molar-refractivity contribution is 0.396. The average molecular weight is 310 g/mol. The van der Waals surface area contributed by atoms with E-state index in [9.17, 15) is 0 Å². The molecule has 0 atom stereocenters. The average Bonchev–Trinajstić information content (AvgIpc) is 2.49. The molecule has 0 spiro atoms. The van der Waals surface area contributed by atoms with E-state index >= 15 is 0 Å². The highest BCUT2D eigenvalue weighted by atomic mass is 35.5. The lowest BCUT2D eigenvalue weighted by Gasteiger charge is -2.14. The van der Waals surface area contributed by atoms with Gasteiger partial charge in [-0.3, -0.25) is 5.43 Å². The maximum Gasteiger partial charge on any atom is 0.239 e. The summed E-state index contributed by atoms with van der Waals surface area (Å²) in [6.07, 6.45) is 1.65. The van der Waals surface area contributed by atoms with E-state index in [1.807, 2.05) is 6.92 Å². The van der Waals surface area contributed by atoms with Gasteiger partial charge in [-0.1, -0.05) is 11.6 Å². The van der Waals surface area contributed by atoms with E-state index in [1.165, 1.54) is 0 Å². The standard InChI is InChI=1S/C13H16ClN5O2/c1-7-6-16-13(19-15)18-12(7)17-9-4-8(14)10(20-2)5-11(9)21-3/h4-6H,15H2,1-3H3,(H2,16,17,18,19). The summed E-state index contributed by atoms with van der Waals surface area (Å²) in [4.78, 5) is 8.27. The highest BCUT2D eigenvalue weighted by Gasteiger charge is 2.12. The lowest BCUT2D eigenvalue weighted by atomic mass is 10.2. The minimum absolute atomic E-state index is 0.307.